The first-order valence-electron chi connectivity index (χ1n) is 9.77. The molecule has 1 aromatic carbocycles. The largest absolute Gasteiger partial charge is 0.489 e. The Kier molecular flexibility index (Phi) is 7.00. The summed E-state index contributed by atoms with van der Waals surface area (Å²) in [4.78, 5) is 28.2. The van der Waals surface area contributed by atoms with Gasteiger partial charge in [-0.3, -0.25) is 9.78 Å². The van der Waals surface area contributed by atoms with Gasteiger partial charge < -0.3 is 15.2 Å². The maximum Gasteiger partial charge on any atom is 0.326 e. The fourth-order valence-corrected chi connectivity index (χ4v) is 3.60. The van der Waals surface area contributed by atoms with Crippen molar-refractivity contribution in [2.75, 3.05) is 0 Å². The lowest BCUT2D eigenvalue weighted by Crippen LogP contribution is -2.42. The van der Waals surface area contributed by atoms with Gasteiger partial charge in [0.05, 0.1) is 0 Å². The number of aromatic nitrogens is 1. The molecular weight excluding hydrogens is 356 g/mol. The van der Waals surface area contributed by atoms with Crippen LogP contribution in [0.25, 0.3) is 0 Å². The van der Waals surface area contributed by atoms with E-state index in [0.717, 1.165) is 31.2 Å². The van der Waals surface area contributed by atoms with Gasteiger partial charge in [0.15, 0.2) is 0 Å². The molecule has 1 saturated carbocycles. The highest BCUT2D eigenvalue weighted by atomic mass is 16.5. The molecular formula is C22H26N2O4. The van der Waals surface area contributed by atoms with E-state index in [1.165, 1.54) is 6.42 Å². The van der Waals surface area contributed by atoms with Gasteiger partial charge in [-0.05, 0) is 36.6 Å². The molecule has 1 amide bonds. The first kappa shape index (κ1) is 19.9. The third kappa shape index (κ3) is 5.81. The standard InChI is InChI=1S/C22H26N2O4/c25-21(24-20(22(26)27)12-16-6-2-1-3-7-16)18-9-4-10-19(13-18)28-15-17-8-5-11-23-14-17/h4-5,8-11,13-14,16,20H,1-3,6-7,12,15H2,(H,24,25)(H,26,27)/t20-/m1/s1. The van der Waals surface area contributed by atoms with E-state index in [4.69, 9.17) is 4.74 Å². The Balaban J connectivity index is 1.59. The van der Waals surface area contributed by atoms with E-state index >= 15 is 0 Å². The molecule has 1 heterocycles. The van der Waals surface area contributed by atoms with Crippen LogP contribution in [0, 0.1) is 5.92 Å². The second kappa shape index (κ2) is 9.88. The molecule has 2 N–H and O–H groups in total. The Labute approximate surface area is 164 Å². The maximum absolute atomic E-state index is 12.6. The number of hydrogen-bond acceptors (Lipinski definition) is 4. The van der Waals surface area contributed by atoms with Crippen molar-refractivity contribution in [1.82, 2.24) is 10.3 Å². The summed E-state index contributed by atoms with van der Waals surface area (Å²) in [6.45, 7) is 0.346. The van der Waals surface area contributed by atoms with Crippen molar-refractivity contribution in [1.29, 1.82) is 0 Å². The fourth-order valence-electron chi connectivity index (χ4n) is 3.60. The third-order valence-corrected chi connectivity index (χ3v) is 5.12. The first-order valence-corrected chi connectivity index (χ1v) is 9.77. The predicted octanol–water partition coefficient (Wildman–Crippen LogP) is 3.81. The second-order valence-electron chi connectivity index (χ2n) is 7.28. The van der Waals surface area contributed by atoms with Crippen LogP contribution in [0.4, 0.5) is 0 Å². The first-order chi connectivity index (χ1) is 13.6. The number of aliphatic carboxylic acids is 1. The summed E-state index contributed by atoms with van der Waals surface area (Å²) in [6.07, 6.45) is 9.47. The monoisotopic (exact) mass is 382 g/mol. The van der Waals surface area contributed by atoms with Crippen LogP contribution in [-0.2, 0) is 11.4 Å². The molecule has 6 heteroatoms. The molecule has 1 atom stereocenters. The molecule has 1 aliphatic rings. The number of nitrogens with one attached hydrogen (secondary N) is 1. The lowest BCUT2D eigenvalue weighted by atomic mass is 9.85. The average molecular weight is 382 g/mol. The van der Waals surface area contributed by atoms with Crippen molar-refractivity contribution < 1.29 is 19.4 Å². The van der Waals surface area contributed by atoms with Gasteiger partial charge in [0.1, 0.15) is 18.4 Å². The zero-order valence-electron chi connectivity index (χ0n) is 15.8. The van der Waals surface area contributed by atoms with Crippen molar-refractivity contribution in [2.24, 2.45) is 5.92 Å². The number of hydrogen-bond donors (Lipinski definition) is 2. The molecule has 1 fully saturated rings. The Morgan fingerprint density at radius 1 is 1.18 bits per heavy atom. The molecule has 1 aromatic heterocycles. The van der Waals surface area contributed by atoms with Gasteiger partial charge in [-0.1, -0.05) is 44.2 Å². The van der Waals surface area contributed by atoms with Crippen LogP contribution in [0.15, 0.2) is 48.8 Å². The molecule has 28 heavy (non-hydrogen) atoms. The van der Waals surface area contributed by atoms with Gasteiger partial charge >= 0.3 is 5.97 Å². The number of benzene rings is 1. The maximum atomic E-state index is 12.6. The molecule has 0 aliphatic heterocycles. The molecule has 0 bridgehead atoms. The van der Waals surface area contributed by atoms with Crippen molar-refractivity contribution in [2.45, 2.75) is 51.2 Å². The molecule has 0 radical (unpaired) electrons. The number of carboxylic acids is 1. The smallest absolute Gasteiger partial charge is 0.326 e. The van der Waals surface area contributed by atoms with E-state index in [1.807, 2.05) is 12.1 Å². The molecule has 148 valence electrons. The van der Waals surface area contributed by atoms with Gasteiger partial charge in [-0.2, -0.15) is 0 Å². The summed E-state index contributed by atoms with van der Waals surface area (Å²) >= 11 is 0. The molecule has 0 saturated heterocycles. The number of nitrogens with zero attached hydrogens (tertiary/aromatic N) is 1. The minimum absolute atomic E-state index is 0.346. The minimum Gasteiger partial charge on any atom is -0.489 e. The zero-order valence-corrected chi connectivity index (χ0v) is 15.8. The number of pyridine rings is 1. The molecule has 3 rings (SSSR count). The Morgan fingerprint density at radius 3 is 2.71 bits per heavy atom. The molecule has 6 nitrogen and oxygen atoms in total. The average Bonchev–Trinajstić information content (AvgIpc) is 2.73. The van der Waals surface area contributed by atoms with Crippen LogP contribution in [0.2, 0.25) is 0 Å². The highest BCUT2D eigenvalue weighted by molar-refractivity contribution is 5.96. The van der Waals surface area contributed by atoms with E-state index in [0.29, 0.717) is 30.3 Å². The van der Waals surface area contributed by atoms with E-state index in [1.54, 1.807) is 36.7 Å². The summed E-state index contributed by atoms with van der Waals surface area (Å²) < 4.78 is 5.72. The minimum atomic E-state index is -0.983. The molecule has 0 spiro atoms. The van der Waals surface area contributed by atoms with Gasteiger partial charge in [0.2, 0.25) is 0 Å². The van der Waals surface area contributed by atoms with Crippen LogP contribution < -0.4 is 10.1 Å². The van der Waals surface area contributed by atoms with Gasteiger partial charge in [0, 0.05) is 23.5 Å². The number of ether oxygens (including phenoxy) is 1. The fraction of sp³-hybridized carbons (Fsp3) is 0.409. The topological polar surface area (TPSA) is 88.5 Å². The molecule has 1 aliphatic carbocycles. The lowest BCUT2D eigenvalue weighted by Gasteiger charge is -2.25. The summed E-state index contributed by atoms with van der Waals surface area (Å²) in [6, 6.07) is 9.66. The number of carboxylic acid groups (broad SMARTS) is 1. The Bertz CT molecular complexity index is 788. The Morgan fingerprint density at radius 2 is 2.00 bits per heavy atom. The van der Waals surface area contributed by atoms with Crippen LogP contribution in [0.1, 0.15) is 54.4 Å². The lowest BCUT2D eigenvalue weighted by molar-refractivity contribution is -0.139. The Hall–Kier alpha value is -2.89. The van der Waals surface area contributed by atoms with Gasteiger partial charge in [-0.15, -0.1) is 0 Å². The van der Waals surface area contributed by atoms with E-state index in [2.05, 4.69) is 10.3 Å². The van der Waals surface area contributed by atoms with Crippen molar-refractivity contribution in [3.63, 3.8) is 0 Å². The summed E-state index contributed by atoms with van der Waals surface area (Å²) in [7, 11) is 0. The normalized spacial score (nSPS) is 15.6. The zero-order chi connectivity index (χ0) is 19.8. The highest BCUT2D eigenvalue weighted by Gasteiger charge is 2.26. The van der Waals surface area contributed by atoms with Crippen LogP contribution in [0.5, 0.6) is 5.75 Å². The summed E-state index contributed by atoms with van der Waals surface area (Å²) in [5.74, 6) is -0.460. The second-order valence-corrected chi connectivity index (χ2v) is 7.28. The summed E-state index contributed by atoms with van der Waals surface area (Å²) in [5.41, 5.74) is 1.31. The van der Waals surface area contributed by atoms with Crippen molar-refractivity contribution >= 4 is 11.9 Å². The van der Waals surface area contributed by atoms with Crippen LogP contribution in [-0.4, -0.2) is 28.0 Å². The quantitative estimate of drug-likeness (QED) is 0.725. The number of amides is 1. The number of carbonyl (C=O) groups excluding carboxylic acids is 1. The van der Waals surface area contributed by atoms with Crippen molar-refractivity contribution in [3.05, 3.63) is 59.9 Å². The van der Waals surface area contributed by atoms with Gasteiger partial charge in [0.25, 0.3) is 5.91 Å². The number of carbonyl (C=O) groups is 2. The number of rotatable bonds is 8. The SMILES string of the molecule is O=C(N[C@H](CC1CCCCC1)C(=O)O)c1cccc(OCc2cccnc2)c1. The van der Waals surface area contributed by atoms with E-state index in [-0.39, 0.29) is 0 Å². The van der Waals surface area contributed by atoms with Crippen molar-refractivity contribution in [3.8, 4) is 5.75 Å². The predicted molar refractivity (Wildman–Crippen MR) is 105 cm³/mol. The van der Waals surface area contributed by atoms with Gasteiger partial charge in [-0.25, -0.2) is 4.79 Å². The molecule has 0 unspecified atom stereocenters. The highest BCUT2D eigenvalue weighted by Crippen LogP contribution is 2.27. The van der Waals surface area contributed by atoms with E-state index < -0.39 is 17.9 Å². The molecule has 2 aromatic rings. The van der Waals surface area contributed by atoms with Crippen LogP contribution >= 0.6 is 0 Å². The summed E-state index contributed by atoms with van der Waals surface area (Å²) in [5, 5.41) is 12.2. The third-order valence-electron chi connectivity index (χ3n) is 5.12. The van der Waals surface area contributed by atoms with E-state index in [9.17, 15) is 14.7 Å². The van der Waals surface area contributed by atoms with Crippen LogP contribution in [0.3, 0.4) is 0 Å².